The summed E-state index contributed by atoms with van der Waals surface area (Å²) in [4.78, 5) is 17.3. The van der Waals surface area contributed by atoms with Crippen LogP contribution in [-0.2, 0) is 0 Å². The molecule has 1 amide bonds. The SMILES string of the molecule is Cc1c(C(=O)N2CCN(C)C[C@H]2c2ccccc2)oc2c(F)cccc12. The highest BCUT2D eigenvalue weighted by Gasteiger charge is 2.33. The molecule has 1 saturated heterocycles. The standard InChI is InChI=1S/C21H21FN2O2/c1-14-16-9-6-10-17(22)20(16)26-19(14)21(25)24-12-11-23(2)13-18(24)15-7-4-3-5-8-15/h3-10,18H,11-13H2,1-2H3/t18-/m0/s1. The Morgan fingerprint density at radius 1 is 1.12 bits per heavy atom. The van der Waals surface area contributed by atoms with Gasteiger partial charge < -0.3 is 14.2 Å². The van der Waals surface area contributed by atoms with Gasteiger partial charge in [0.25, 0.3) is 5.91 Å². The maximum Gasteiger partial charge on any atom is 0.290 e. The van der Waals surface area contributed by atoms with E-state index in [1.165, 1.54) is 6.07 Å². The summed E-state index contributed by atoms with van der Waals surface area (Å²) in [6.45, 7) is 3.96. The molecule has 0 spiro atoms. The van der Waals surface area contributed by atoms with Crippen molar-refractivity contribution in [3.8, 4) is 0 Å². The maximum atomic E-state index is 14.1. The van der Waals surface area contributed by atoms with Crippen molar-refractivity contribution in [1.82, 2.24) is 9.80 Å². The van der Waals surface area contributed by atoms with Crippen molar-refractivity contribution in [2.45, 2.75) is 13.0 Å². The van der Waals surface area contributed by atoms with Crippen molar-refractivity contribution in [3.63, 3.8) is 0 Å². The van der Waals surface area contributed by atoms with Gasteiger partial charge >= 0.3 is 0 Å². The summed E-state index contributed by atoms with van der Waals surface area (Å²) in [6.07, 6.45) is 0. The average molecular weight is 352 g/mol. The van der Waals surface area contributed by atoms with E-state index in [1.54, 1.807) is 12.1 Å². The van der Waals surface area contributed by atoms with E-state index in [-0.39, 0.29) is 23.3 Å². The van der Waals surface area contributed by atoms with Crippen LogP contribution in [-0.4, -0.2) is 42.4 Å². The van der Waals surface area contributed by atoms with Crippen molar-refractivity contribution >= 4 is 16.9 Å². The van der Waals surface area contributed by atoms with Crippen LogP contribution in [0.5, 0.6) is 0 Å². The van der Waals surface area contributed by atoms with E-state index in [1.807, 2.05) is 42.2 Å². The fourth-order valence-electron chi connectivity index (χ4n) is 3.67. The number of amides is 1. The second kappa shape index (κ2) is 6.57. The third-order valence-corrected chi connectivity index (χ3v) is 5.14. The van der Waals surface area contributed by atoms with Crippen molar-refractivity contribution in [2.75, 3.05) is 26.7 Å². The van der Waals surface area contributed by atoms with E-state index in [0.717, 1.165) is 18.7 Å². The molecule has 1 aliphatic rings. The highest BCUT2D eigenvalue weighted by Crippen LogP contribution is 2.32. The van der Waals surface area contributed by atoms with Gasteiger partial charge in [0.15, 0.2) is 17.2 Å². The van der Waals surface area contributed by atoms with Gasteiger partial charge in [0.05, 0.1) is 6.04 Å². The summed E-state index contributed by atoms with van der Waals surface area (Å²) in [5, 5.41) is 0.652. The topological polar surface area (TPSA) is 36.7 Å². The number of likely N-dealkylation sites (N-methyl/N-ethyl adjacent to an activating group) is 1. The predicted molar refractivity (Wildman–Crippen MR) is 98.6 cm³/mol. The number of hydrogen-bond acceptors (Lipinski definition) is 3. The number of carbonyl (C=O) groups excluding carboxylic acids is 1. The van der Waals surface area contributed by atoms with Gasteiger partial charge in [-0.2, -0.15) is 0 Å². The third kappa shape index (κ3) is 2.78. The third-order valence-electron chi connectivity index (χ3n) is 5.14. The van der Waals surface area contributed by atoms with E-state index in [9.17, 15) is 9.18 Å². The summed E-state index contributed by atoms with van der Waals surface area (Å²) in [5.41, 5.74) is 1.93. The number of piperazine rings is 1. The minimum Gasteiger partial charge on any atom is -0.448 e. The first-order valence-electron chi connectivity index (χ1n) is 8.78. The van der Waals surface area contributed by atoms with Crippen LogP contribution in [0.1, 0.15) is 27.7 Å². The minimum atomic E-state index is -0.442. The molecule has 134 valence electrons. The van der Waals surface area contributed by atoms with Crippen LogP contribution < -0.4 is 0 Å². The minimum absolute atomic E-state index is 0.0556. The molecule has 1 fully saturated rings. The van der Waals surface area contributed by atoms with Crippen molar-refractivity contribution in [2.24, 2.45) is 0 Å². The van der Waals surface area contributed by atoms with Crippen molar-refractivity contribution < 1.29 is 13.6 Å². The molecule has 26 heavy (non-hydrogen) atoms. The summed E-state index contributed by atoms with van der Waals surface area (Å²) in [7, 11) is 2.06. The number of benzene rings is 2. The first kappa shape index (κ1) is 16.8. The molecular weight excluding hydrogens is 331 g/mol. The maximum absolute atomic E-state index is 14.1. The van der Waals surface area contributed by atoms with Crippen molar-refractivity contribution in [1.29, 1.82) is 0 Å². The van der Waals surface area contributed by atoms with Gasteiger partial charge in [-0.15, -0.1) is 0 Å². The number of aryl methyl sites for hydroxylation is 1. The van der Waals surface area contributed by atoms with E-state index in [4.69, 9.17) is 4.42 Å². The molecule has 0 aliphatic carbocycles. The Hall–Kier alpha value is -2.66. The fraction of sp³-hybridized carbons (Fsp3) is 0.286. The van der Waals surface area contributed by atoms with Crippen LogP contribution in [0.15, 0.2) is 52.9 Å². The Morgan fingerprint density at radius 2 is 1.88 bits per heavy atom. The zero-order chi connectivity index (χ0) is 18.3. The summed E-state index contributed by atoms with van der Waals surface area (Å²) < 4.78 is 19.7. The molecule has 5 heteroatoms. The quantitative estimate of drug-likeness (QED) is 0.699. The molecule has 0 unspecified atom stereocenters. The van der Waals surface area contributed by atoms with Gasteiger partial charge in [-0.05, 0) is 25.6 Å². The zero-order valence-corrected chi connectivity index (χ0v) is 14.9. The Morgan fingerprint density at radius 3 is 2.62 bits per heavy atom. The van der Waals surface area contributed by atoms with Gasteiger partial charge in [0, 0.05) is 30.6 Å². The molecule has 4 nitrogen and oxygen atoms in total. The van der Waals surface area contributed by atoms with Crippen molar-refractivity contribution in [3.05, 3.63) is 71.2 Å². The van der Waals surface area contributed by atoms with Gasteiger partial charge in [-0.1, -0.05) is 42.5 Å². The smallest absolute Gasteiger partial charge is 0.290 e. The van der Waals surface area contributed by atoms with Crippen LogP contribution in [0.3, 0.4) is 0 Å². The first-order valence-corrected chi connectivity index (χ1v) is 8.78. The summed E-state index contributed by atoms with van der Waals surface area (Å²) in [6, 6.07) is 14.7. The van der Waals surface area contributed by atoms with Gasteiger partial charge in [0.1, 0.15) is 0 Å². The lowest BCUT2D eigenvalue weighted by atomic mass is 10.0. The lowest BCUT2D eigenvalue weighted by Crippen LogP contribution is -2.49. The Bertz CT molecular complexity index is 951. The van der Waals surface area contributed by atoms with Gasteiger partial charge in [-0.3, -0.25) is 4.79 Å². The summed E-state index contributed by atoms with van der Waals surface area (Å²) >= 11 is 0. The van der Waals surface area contributed by atoms with Crippen LogP contribution in [0, 0.1) is 12.7 Å². The van der Waals surface area contributed by atoms with E-state index in [0.29, 0.717) is 17.5 Å². The normalized spacial score (nSPS) is 18.4. The Balaban J connectivity index is 1.74. The number of fused-ring (bicyclic) bond motifs is 1. The highest BCUT2D eigenvalue weighted by molar-refractivity contribution is 5.99. The first-order chi connectivity index (χ1) is 12.6. The largest absolute Gasteiger partial charge is 0.448 e. The molecular formula is C21H21FN2O2. The molecule has 0 saturated carbocycles. The van der Waals surface area contributed by atoms with E-state index >= 15 is 0 Å². The number of para-hydroxylation sites is 1. The van der Waals surface area contributed by atoms with E-state index < -0.39 is 5.82 Å². The molecule has 0 bridgehead atoms. The number of hydrogen-bond donors (Lipinski definition) is 0. The van der Waals surface area contributed by atoms with Crippen LogP contribution in [0.2, 0.25) is 0 Å². The molecule has 1 aromatic heterocycles. The van der Waals surface area contributed by atoms with Gasteiger partial charge in [0.2, 0.25) is 0 Å². The monoisotopic (exact) mass is 352 g/mol. The second-order valence-electron chi connectivity index (χ2n) is 6.86. The van der Waals surface area contributed by atoms with E-state index in [2.05, 4.69) is 11.9 Å². The second-order valence-corrected chi connectivity index (χ2v) is 6.86. The van der Waals surface area contributed by atoms with Gasteiger partial charge in [-0.25, -0.2) is 4.39 Å². The van der Waals surface area contributed by atoms with Crippen LogP contribution in [0.25, 0.3) is 11.0 Å². The number of rotatable bonds is 2. The molecule has 0 N–H and O–H groups in total. The summed E-state index contributed by atoms with van der Waals surface area (Å²) in [5.74, 6) is -0.390. The van der Waals surface area contributed by atoms with Crippen LogP contribution in [0.4, 0.5) is 4.39 Å². The molecule has 0 radical (unpaired) electrons. The average Bonchev–Trinajstić information content (AvgIpc) is 3.00. The molecule has 2 aromatic carbocycles. The number of nitrogens with zero attached hydrogens (tertiary/aromatic N) is 2. The zero-order valence-electron chi connectivity index (χ0n) is 14.9. The number of furan rings is 1. The predicted octanol–water partition coefficient (Wildman–Crippen LogP) is 4.01. The lowest BCUT2D eigenvalue weighted by molar-refractivity contribution is 0.0469. The molecule has 1 aliphatic heterocycles. The fourth-order valence-corrected chi connectivity index (χ4v) is 3.67. The van der Waals surface area contributed by atoms with Crippen LogP contribution >= 0.6 is 0 Å². The number of carbonyl (C=O) groups is 1. The molecule has 4 rings (SSSR count). The Labute approximate surface area is 151 Å². The highest BCUT2D eigenvalue weighted by atomic mass is 19.1. The number of halogens is 1. The molecule has 2 heterocycles. The lowest BCUT2D eigenvalue weighted by Gasteiger charge is -2.40. The Kier molecular flexibility index (Phi) is 4.24. The molecule has 3 aromatic rings. The molecule has 1 atom stereocenters.